The minimum atomic E-state index is -0.363. The number of aromatic nitrogens is 4. The average Bonchev–Trinajstić information content (AvgIpc) is 3.08. The smallest absolute Gasteiger partial charge is 0.330 e. The molecule has 146 valence electrons. The van der Waals surface area contributed by atoms with Gasteiger partial charge in [0.05, 0.1) is 18.5 Å². The quantitative estimate of drug-likeness (QED) is 0.466. The number of hydrogen-bond donors (Lipinski definition) is 0. The predicted molar refractivity (Wildman–Crippen MR) is 111 cm³/mol. The number of aryl methyl sites for hydroxylation is 2. The molecular weight excluding hydrogens is 352 g/mol. The fraction of sp³-hybridized carbons (Fsp3) is 0.364. The Labute approximate surface area is 165 Å². The Kier molecular flexibility index (Phi) is 5.87. The van der Waals surface area contributed by atoms with Crippen molar-refractivity contribution in [2.24, 2.45) is 0 Å². The SMILES string of the molecule is CCOC(=O)/C=C/c1c(C(C)C)nc2c(cnn2CC)c1-c1ccnc(C)c1. The maximum Gasteiger partial charge on any atom is 0.330 e. The zero-order chi connectivity index (χ0) is 20.3. The van der Waals surface area contributed by atoms with Crippen molar-refractivity contribution in [2.45, 2.75) is 47.1 Å². The van der Waals surface area contributed by atoms with Crippen molar-refractivity contribution in [3.63, 3.8) is 0 Å². The van der Waals surface area contributed by atoms with Crippen molar-refractivity contribution < 1.29 is 9.53 Å². The van der Waals surface area contributed by atoms with Gasteiger partial charge in [-0.25, -0.2) is 14.5 Å². The van der Waals surface area contributed by atoms with Crippen molar-refractivity contribution in [3.05, 3.63) is 47.6 Å². The van der Waals surface area contributed by atoms with Crippen molar-refractivity contribution in [3.8, 4) is 11.1 Å². The fourth-order valence-electron chi connectivity index (χ4n) is 3.31. The van der Waals surface area contributed by atoms with Crippen LogP contribution in [0.4, 0.5) is 0 Å². The molecule has 3 aromatic heterocycles. The number of nitrogens with zero attached hydrogens (tertiary/aromatic N) is 4. The van der Waals surface area contributed by atoms with Crippen LogP contribution in [0.3, 0.4) is 0 Å². The standard InChI is InChI=1S/C22H26N4O2/c1-6-26-22-18(13-24-26)20(16-10-11-23-15(5)12-16)17(21(25-22)14(3)4)8-9-19(27)28-7-2/h8-14H,6-7H2,1-5H3/b9-8+. The predicted octanol–water partition coefficient (Wildman–Crippen LogP) is 4.52. The third-order valence-corrected chi connectivity index (χ3v) is 4.56. The van der Waals surface area contributed by atoms with Crippen LogP contribution in [0.1, 0.15) is 50.6 Å². The highest BCUT2D eigenvalue weighted by atomic mass is 16.5. The summed E-state index contributed by atoms with van der Waals surface area (Å²) in [5, 5.41) is 5.47. The highest BCUT2D eigenvalue weighted by Gasteiger charge is 2.20. The summed E-state index contributed by atoms with van der Waals surface area (Å²) in [5.41, 5.74) is 5.66. The molecule has 6 nitrogen and oxygen atoms in total. The van der Waals surface area contributed by atoms with E-state index in [1.807, 2.05) is 42.9 Å². The second-order valence-electron chi connectivity index (χ2n) is 6.91. The van der Waals surface area contributed by atoms with Gasteiger partial charge in [-0.2, -0.15) is 5.10 Å². The molecule has 0 aliphatic carbocycles. The first-order valence-electron chi connectivity index (χ1n) is 9.63. The summed E-state index contributed by atoms with van der Waals surface area (Å²) in [6.45, 7) is 11.1. The zero-order valence-electron chi connectivity index (χ0n) is 17.1. The van der Waals surface area contributed by atoms with E-state index in [1.54, 1.807) is 13.1 Å². The van der Waals surface area contributed by atoms with Crippen molar-refractivity contribution >= 4 is 23.1 Å². The Morgan fingerprint density at radius 3 is 2.75 bits per heavy atom. The summed E-state index contributed by atoms with van der Waals surface area (Å²) in [5.74, 6) is -0.188. The largest absolute Gasteiger partial charge is 0.463 e. The highest BCUT2D eigenvalue weighted by Crippen LogP contribution is 2.36. The Morgan fingerprint density at radius 2 is 2.11 bits per heavy atom. The van der Waals surface area contributed by atoms with Crippen molar-refractivity contribution in [1.82, 2.24) is 19.7 Å². The lowest BCUT2D eigenvalue weighted by molar-refractivity contribution is -0.137. The van der Waals surface area contributed by atoms with Gasteiger partial charge in [0.25, 0.3) is 0 Å². The van der Waals surface area contributed by atoms with Crippen LogP contribution in [0.5, 0.6) is 0 Å². The van der Waals surface area contributed by atoms with E-state index in [-0.39, 0.29) is 11.9 Å². The van der Waals surface area contributed by atoms with Gasteiger partial charge in [-0.05, 0) is 50.5 Å². The second-order valence-corrected chi connectivity index (χ2v) is 6.91. The summed E-state index contributed by atoms with van der Waals surface area (Å²) in [4.78, 5) is 21.2. The molecule has 0 atom stereocenters. The maximum atomic E-state index is 12.0. The molecule has 0 bridgehead atoms. The molecule has 0 radical (unpaired) electrons. The van der Waals surface area contributed by atoms with Gasteiger partial charge >= 0.3 is 5.97 Å². The van der Waals surface area contributed by atoms with E-state index in [1.165, 1.54) is 6.08 Å². The molecule has 0 aliphatic rings. The number of carbonyl (C=O) groups is 1. The molecule has 3 rings (SSSR count). The summed E-state index contributed by atoms with van der Waals surface area (Å²) in [7, 11) is 0. The number of fused-ring (bicyclic) bond motifs is 1. The van der Waals surface area contributed by atoms with E-state index in [2.05, 4.69) is 23.9 Å². The van der Waals surface area contributed by atoms with E-state index < -0.39 is 0 Å². The van der Waals surface area contributed by atoms with Crippen LogP contribution in [0.15, 0.2) is 30.6 Å². The third-order valence-electron chi connectivity index (χ3n) is 4.56. The molecule has 0 aliphatic heterocycles. The minimum absolute atomic E-state index is 0.174. The summed E-state index contributed by atoms with van der Waals surface area (Å²) < 4.78 is 6.97. The summed E-state index contributed by atoms with van der Waals surface area (Å²) in [6, 6.07) is 4.03. The molecule has 0 aromatic carbocycles. The fourth-order valence-corrected chi connectivity index (χ4v) is 3.31. The number of carbonyl (C=O) groups excluding carboxylic acids is 1. The zero-order valence-corrected chi connectivity index (χ0v) is 17.1. The van der Waals surface area contributed by atoms with Crippen LogP contribution in [0, 0.1) is 6.92 Å². The molecule has 0 amide bonds. The Bertz CT molecular complexity index is 1030. The molecule has 28 heavy (non-hydrogen) atoms. The van der Waals surface area contributed by atoms with E-state index in [4.69, 9.17) is 9.72 Å². The molecule has 0 saturated carbocycles. The van der Waals surface area contributed by atoms with E-state index in [9.17, 15) is 4.79 Å². The first-order valence-corrected chi connectivity index (χ1v) is 9.63. The van der Waals surface area contributed by atoms with Gasteiger partial charge in [0, 0.05) is 41.0 Å². The Hall–Kier alpha value is -3.02. The highest BCUT2D eigenvalue weighted by molar-refractivity contribution is 5.99. The molecule has 0 saturated heterocycles. The van der Waals surface area contributed by atoms with Gasteiger partial charge in [0.1, 0.15) is 0 Å². The van der Waals surface area contributed by atoms with Crippen LogP contribution >= 0.6 is 0 Å². The molecule has 0 unspecified atom stereocenters. The molecule has 0 fully saturated rings. The van der Waals surface area contributed by atoms with E-state index >= 15 is 0 Å². The number of esters is 1. The lowest BCUT2D eigenvalue weighted by atomic mass is 9.92. The third kappa shape index (κ3) is 3.81. The Morgan fingerprint density at radius 1 is 1.32 bits per heavy atom. The summed E-state index contributed by atoms with van der Waals surface area (Å²) >= 11 is 0. The number of rotatable bonds is 6. The van der Waals surface area contributed by atoms with Crippen LogP contribution in [-0.4, -0.2) is 32.3 Å². The van der Waals surface area contributed by atoms with Gasteiger partial charge in [0.2, 0.25) is 0 Å². The van der Waals surface area contributed by atoms with E-state index in [0.29, 0.717) is 6.61 Å². The molecule has 0 spiro atoms. The number of pyridine rings is 2. The number of hydrogen-bond acceptors (Lipinski definition) is 5. The molecule has 3 heterocycles. The molecular formula is C22H26N4O2. The number of ether oxygens (including phenoxy) is 1. The van der Waals surface area contributed by atoms with Gasteiger partial charge < -0.3 is 4.74 Å². The lowest BCUT2D eigenvalue weighted by Crippen LogP contribution is -2.05. The van der Waals surface area contributed by atoms with Crippen molar-refractivity contribution in [1.29, 1.82) is 0 Å². The summed E-state index contributed by atoms with van der Waals surface area (Å²) in [6.07, 6.45) is 6.94. The van der Waals surface area contributed by atoms with Gasteiger partial charge in [-0.1, -0.05) is 13.8 Å². The van der Waals surface area contributed by atoms with Gasteiger partial charge in [-0.15, -0.1) is 0 Å². The second kappa shape index (κ2) is 8.33. The van der Waals surface area contributed by atoms with Crippen LogP contribution in [0.25, 0.3) is 28.2 Å². The first kappa shape index (κ1) is 19.7. The van der Waals surface area contributed by atoms with E-state index in [0.717, 1.165) is 45.7 Å². The van der Waals surface area contributed by atoms with Crippen LogP contribution in [0.2, 0.25) is 0 Å². The minimum Gasteiger partial charge on any atom is -0.463 e. The van der Waals surface area contributed by atoms with Gasteiger partial charge in [-0.3, -0.25) is 4.98 Å². The van der Waals surface area contributed by atoms with Crippen LogP contribution in [-0.2, 0) is 16.1 Å². The Balaban J connectivity index is 2.35. The monoisotopic (exact) mass is 378 g/mol. The molecule has 6 heteroatoms. The topological polar surface area (TPSA) is 69.9 Å². The van der Waals surface area contributed by atoms with Gasteiger partial charge in [0.15, 0.2) is 5.65 Å². The molecule has 3 aromatic rings. The van der Waals surface area contributed by atoms with Crippen molar-refractivity contribution in [2.75, 3.05) is 6.61 Å². The maximum absolute atomic E-state index is 12.0. The average molecular weight is 378 g/mol. The lowest BCUT2D eigenvalue weighted by Gasteiger charge is -2.16. The first-order chi connectivity index (χ1) is 13.5. The normalized spacial score (nSPS) is 11.6. The molecule has 0 N–H and O–H groups in total. The van der Waals surface area contributed by atoms with Crippen LogP contribution < -0.4 is 0 Å².